The molecule has 2 rings (SSSR count). The fourth-order valence-electron chi connectivity index (χ4n) is 1.83. The maximum absolute atomic E-state index is 13.5. The van der Waals surface area contributed by atoms with Crippen molar-refractivity contribution < 1.29 is 9.18 Å². The monoisotopic (exact) mass is 278 g/mol. The molecular formula is C11H13Cl2FN2O. The molecule has 1 aromatic rings. The van der Waals surface area contributed by atoms with E-state index in [-0.39, 0.29) is 34.9 Å². The van der Waals surface area contributed by atoms with Gasteiger partial charge in [-0.3, -0.25) is 4.79 Å². The zero-order chi connectivity index (χ0) is 11.7. The van der Waals surface area contributed by atoms with Crippen molar-refractivity contribution in [2.24, 2.45) is 5.73 Å². The third kappa shape index (κ3) is 2.89. The third-order valence-electron chi connectivity index (χ3n) is 2.69. The van der Waals surface area contributed by atoms with Crippen molar-refractivity contribution in [2.75, 3.05) is 13.1 Å². The van der Waals surface area contributed by atoms with Crippen molar-refractivity contribution in [3.05, 3.63) is 34.6 Å². The lowest BCUT2D eigenvalue weighted by Crippen LogP contribution is -2.32. The molecule has 3 nitrogen and oxygen atoms in total. The number of rotatable bonds is 1. The summed E-state index contributed by atoms with van der Waals surface area (Å²) in [6.45, 7) is 1.02. The Kier molecular flexibility index (Phi) is 4.74. The van der Waals surface area contributed by atoms with E-state index in [4.69, 9.17) is 17.3 Å². The van der Waals surface area contributed by atoms with Gasteiger partial charge in [0.15, 0.2) is 0 Å². The summed E-state index contributed by atoms with van der Waals surface area (Å²) in [5.41, 5.74) is 5.64. The average molecular weight is 279 g/mol. The Morgan fingerprint density at radius 2 is 2.24 bits per heavy atom. The van der Waals surface area contributed by atoms with E-state index in [1.165, 1.54) is 23.1 Å². The molecule has 0 aromatic heterocycles. The molecule has 0 bridgehead atoms. The average Bonchev–Trinajstić information content (AvgIpc) is 2.64. The predicted octanol–water partition coefficient (Wildman–Crippen LogP) is 2.07. The van der Waals surface area contributed by atoms with Crippen LogP contribution in [0.3, 0.4) is 0 Å². The van der Waals surface area contributed by atoms with Gasteiger partial charge in [-0.1, -0.05) is 17.7 Å². The van der Waals surface area contributed by atoms with Crippen molar-refractivity contribution in [2.45, 2.75) is 12.5 Å². The maximum Gasteiger partial charge on any atom is 0.258 e. The number of carbonyl (C=O) groups is 1. The van der Waals surface area contributed by atoms with Crippen LogP contribution in [0.2, 0.25) is 5.02 Å². The van der Waals surface area contributed by atoms with E-state index < -0.39 is 5.82 Å². The van der Waals surface area contributed by atoms with E-state index in [2.05, 4.69) is 0 Å². The first kappa shape index (κ1) is 14.2. The lowest BCUT2D eigenvalue weighted by molar-refractivity contribution is 0.0786. The van der Waals surface area contributed by atoms with Gasteiger partial charge in [0.2, 0.25) is 0 Å². The van der Waals surface area contributed by atoms with Gasteiger partial charge in [-0.15, -0.1) is 12.4 Å². The molecule has 1 fully saturated rings. The molecule has 0 spiro atoms. The van der Waals surface area contributed by atoms with Crippen LogP contribution in [-0.2, 0) is 0 Å². The second-order valence-electron chi connectivity index (χ2n) is 3.90. The zero-order valence-corrected chi connectivity index (χ0v) is 10.6. The molecule has 1 aromatic carbocycles. The Morgan fingerprint density at radius 1 is 1.53 bits per heavy atom. The molecule has 1 atom stereocenters. The minimum atomic E-state index is -0.585. The van der Waals surface area contributed by atoms with Crippen LogP contribution in [0.4, 0.5) is 4.39 Å². The second-order valence-corrected chi connectivity index (χ2v) is 4.30. The first-order chi connectivity index (χ1) is 7.59. The molecule has 0 unspecified atom stereocenters. The smallest absolute Gasteiger partial charge is 0.258 e. The number of amides is 1. The number of nitrogens with two attached hydrogens (primary N) is 1. The number of carbonyl (C=O) groups excluding carboxylic acids is 1. The summed E-state index contributed by atoms with van der Waals surface area (Å²) >= 11 is 5.82. The van der Waals surface area contributed by atoms with Gasteiger partial charge in [0.1, 0.15) is 5.82 Å². The van der Waals surface area contributed by atoms with Crippen LogP contribution >= 0.6 is 24.0 Å². The number of halogens is 3. The molecule has 1 amide bonds. The molecule has 0 saturated carbocycles. The molecule has 17 heavy (non-hydrogen) atoms. The van der Waals surface area contributed by atoms with Gasteiger partial charge in [-0.2, -0.15) is 0 Å². The SMILES string of the molecule is Cl.N[C@@H]1CCN(C(=O)c2c(F)cccc2Cl)C1. The van der Waals surface area contributed by atoms with Gasteiger partial charge < -0.3 is 10.6 Å². The van der Waals surface area contributed by atoms with E-state index in [0.717, 1.165) is 6.42 Å². The highest BCUT2D eigenvalue weighted by molar-refractivity contribution is 6.33. The molecule has 0 aliphatic carbocycles. The van der Waals surface area contributed by atoms with Crippen molar-refractivity contribution in [3.8, 4) is 0 Å². The first-order valence-electron chi connectivity index (χ1n) is 5.08. The van der Waals surface area contributed by atoms with Crippen LogP contribution < -0.4 is 5.73 Å². The van der Waals surface area contributed by atoms with Crippen LogP contribution in [0, 0.1) is 5.82 Å². The highest BCUT2D eigenvalue weighted by Crippen LogP contribution is 2.22. The number of hydrogen-bond donors (Lipinski definition) is 1. The predicted molar refractivity (Wildman–Crippen MR) is 67.2 cm³/mol. The van der Waals surface area contributed by atoms with Gasteiger partial charge in [0, 0.05) is 19.1 Å². The summed E-state index contributed by atoms with van der Waals surface area (Å²) in [5, 5.41) is 0.144. The number of nitrogens with zero attached hydrogens (tertiary/aromatic N) is 1. The van der Waals surface area contributed by atoms with Gasteiger partial charge >= 0.3 is 0 Å². The van der Waals surface area contributed by atoms with Crippen molar-refractivity contribution in [1.29, 1.82) is 0 Å². The van der Waals surface area contributed by atoms with Crippen LogP contribution in [0.5, 0.6) is 0 Å². The van der Waals surface area contributed by atoms with Crippen LogP contribution in [-0.4, -0.2) is 29.9 Å². The van der Waals surface area contributed by atoms with E-state index in [9.17, 15) is 9.18 Å². The highest BCUT2D eigenvalue weighted by atomic mass is 35.5. The highest BCUT2D eigenvalue weighted by Gasteiger charge is 2.27. The van der Waals surface area contributed by atoms with Gasteiger partial charge in [0.25, 0.3) is 5.91 Å². The summed E-state index contributed by atoms with van der Waals surface area (Å²) in [5.74, 6) is -0.964. The fraction of sp³-hybridized carbons (Fsp3) is 0.364. The maximum atomic E-state index is 13.5. The third-order valence-corrected chi connectivity index (χ3v) is 3.00. The molecule has 1 aliphatic rings. The van der Waals surface area contributed by atoms with Crippen molar-refractivity contribution >= 4 is 29.9 Å². The minimum Gasteiger partial charge on any atom is -0.337 e. The van der Waals surface area contributed by atoms with Crippen LogP contribution in [0.1, 0.15) is 16.8 Å². The molecule has 1 saturated heterocycles. The van der Waals surface area contributed by atoms with Crippen LogP contribution in [0.25, 0.3) is 0 Å². The number of benzene rings is 1. The Labute approximate surface area is 110 Å². The second kappa shape index (κ2) is 5.67. The molecule has 1 heterocycles. The van der Waals surface area contributed by atoms with Crippen LogP contribution in [0.15, 0.2) is 18.2 Å². The van der Waals surface area contributed by atoms with Crippen molar-refractivity contribution in [3.63, 3.8) is 0 Å². The lowest BCUT2D eigenvalue weighted by Gasteiger charge is -2.16. The van der Waals surface area contributed by atoms with Gasteiger partial charge in [-0.05, 0) is 18.6 Å². The van der Waals surface area contributed by atoms with Gasteiger partial charge in [0.05, 0.1) is 10.6 Å². The van der Waals surface area contributed by atoms with E-state index >= 15 is 0 Å². The summed E-state index contributed by atoms with van der Waals surface area (Å²) < 4.78 is 13.5. The van der Waals surface area contributed by atoms with E-state index in [1.807, 2.05) is 0 Å². The Morgan fingerprint density at radius 3 is 2.76 bits per heavy atom. The normalized spacial score (nSPS) is 19.0. The Bertz CT molecular complexity index is 408. The quantitative estimate of drug-likeness (QED) is 0.855. The topological polar surface area (TPSA) is 46.3 Å². The molecule has 1 aliphatic heterocycles. The minimum absolute atomic E-state index is 0. The number of likely N-dealkylation sites (tertiary alicyclic amines) is 1. The summed E-state index contributed by atoms with van der Waals surface area (Å²) in [6, 6.07) is 4.20. The Balaban J connectivity index is 0.00000144. The van der Waals surface area contributed by atoms with Gasteiger partial charge in [-0.25, -0.2) is 4.39 Å². The van der Waals surface area contributed by atoms with E-state index in [0.29, 0.717) is 13.1 Å². The largest absolute Gasteiger partial charge is 0.337 e. The summed E-state index contributed by atoms with van der Waals surface area (Å²) in [6.07, 6.45) is 0.748. The zero-order valence-electron chi connectivity index (χ0n) is 9.03. The summed E-state index contributed by atoms with van der Waals surface area (Å²) in [7, 11) is 0. The molecule has 6 heteroatoms. The molecule has 94 valence electrons. The fourth-order valence-corrected chi connectivity index (χ4v) is 2.08. The molecular weight excluding hydrogens is 266 g/mol. The molecule has 2 N–H and O–H groups in total. The van der Waals surface area contributed by atoms with E-state index in [1.54, 1.807) is 0 Å². The summed E-state index contributed by atoms with van der Waals surface area (Å²) in [4.78, 5) is 13.5. The Hall–Kier alpha value is -0.840. The standard InChI is InChI=1S/C11H12ClFN2O.ClH/c12-8-2-1-3-9(13)10(8)11(16)15-5-4-7(14)6-15;/h1-3,7H,4-6,14H2;1H/t7-;/m1./s1. The lowest BCUT2D eigenvalue weighted by atomic mass is 10.2. The first-order valence-corrected chi connectivity index (χ1v) is 5.46. The molecule has 0 radical (unpaired) electrons. The van der Waals surface area contributed by atoms with Crippen molar-refractivity contribution in [1.82, 2.24) is 4.90 Å². The number of hydrogen-bond acceptors (Lipinski definition) is 2.